The second kappa shape index (κ2) is 10.3. The number of esters is 1. The van der Waals surface area contributed by atoms with Gasteiger partial charge in [-0.3, -0.25) is 4.79 Å². The first kappa shape index (κ1) is 24.1. The van der Waals surface area contributed by atoms with E-state index in [1.54, 1.807) is 0 Å². The minimum Gasteiger partial charge on any atom is -0.460 e. The Hall–Kier alpha value is -0.860. The molecule has 0 aliphatic carbocycles. The monoisotopic (exact) mass is 354 g/mol. The fourth-order valence-corrected chi connectivity index (χ4v) is 3.36. The number of carbonyl (C=O) groups is 2. The zero-order chi connectivity index (χ0) is 19.8. The summed E-state index contributed by atoms with van der Waals surface area (Å²) in [4.78, 5) is 22.7. The van der Waals surface area contributed by atoms with Gasteiger partial charge in [-0.1, -0.05) is 61.8 Å². The summed E-state index contributed by atoms with van der Waals surface area (Å²) >= 11 is 0. The Bertz CT molecular complexity index is 412. The van der Waals surface area contributed by atoms with Crippen molar-refractivity contribution in [3.05, 3.63) is 0 Å². The van der Waals surface area contributed by atoms with Gasteiger partial charge in [0, 0.05) is 6.92 Å². The van der Waals surface area contributed by atoms with Crippen molar-refractivity contribution < 1.29 is 14.3 Å². The zero-order valence-corrected chi connectivity index (χ0v) is 18.2. The average molecular weight is 355 g/mol. The Labute approximate surface area is 156 Å². The second-order valence-electron chi connectivity index (χ2n) is 10.4. The maximum atomic E-state index is 11.5. The van der Waals surface area contributed by atoms with Crippen molar-refractivity contribution in [3.63, 3.8) is 0 Å². The van der Waals surface area contributed by atoms with Gasteiger partial charge in [0.1, 0.15) is 0 Å². The highest BCUT2D eigenvalue weighted by Gasteiger charge is 2.24. The van der Waals surface area contributed by atoms with Gasteiger partial charge in [0.15, 0.2) is 0 Å². The van der Waals surface area contributed by atoms with Crippen molar-refractivity contribution in [3.8, 4) is 0 Å². The van der Waals surface area contributed by atoms with Crippen LogP contribution in [0.5, 0.6) is 0 Å². The van der Waals surface area contributed by atoms with E-state index in [2.05, 4.69) is 55.4 Å². The molecule has 3 atom stereocenters. The highest BCUT2D eigenvalue weighted by atomic mass is 16.5. The van der Waals surface area contributed by atoms with E-state index in [1.165, 1.54) is 13.3 Å². The highest BCUT2D eigenvalue weighted by molar-refractivity contribution is 6.32. The van der Waals surface area contributed by atoms with Crippen molar-refractivity contribution in [2.24, 2.45) is 28.6 Å². The van der Waals surface area contributed by atoms with Crippen LogP contribution in [0.2, 0.25) is 0 Å². The molecule has 148 valence electrons. The van der Waals surface area contributed by atoms with Gasteiger partial charge >= 0.3 is 5.97 Å². The Morgan fingerprint density at radius 3 is 1.88 bits per heavy atom. The molecule has 0 aromatic carbocycles. The van der Waals surface area contributed by atoms with E-state index in [0.29, 0.717) is 35.2 Å². The lowest BCUT2D eigenvalue weighted by molar-refractivity contribution is -0.154. The molecule has 0 bridgehead atoms. The van der Waals surface area contributed by atoms with Gasteiger partial charge in [-0.05, 0) is 54.3 Å². The summed E-state index contributed by atoms with van der Waals surface area (Å²) in [5, 5.41) is 0. The Morgan fingerprint density at radius 1 is 0.880 bits per heavy atom. The summed E-state index contributed by atoms with van der Waals surface area (Å²) < 4.78 is 5.26. The molecule has 0 spiro atoms. The van der Waals surface area contributed by atoms with Crippen LogP contribution in [0.25, 0.3) is 0 Å². The molecule has 0 radical (unpaired) electrons. The third kappa shape index (κ3) is 13.1. The molecule has 3 unspecified atom stereocenters. The topological polar surface area (TPSA) is 43.4 Å². The summed E-state index contributed by atoms with van der Waals surface area (Å²) in [5.41, 5.74) is 0.655. The zero-order valence-electron chi connectivity index (χ0n) is 18.2. The van der Waals surface area contributed by atoms with E-state index >= 15 is 0 Å². The molecule has 0 aliphatic rings. The fourth-order valence-electron chi connectivity index (χ4n) is 3.36. The molecule has 0 aromatic rings. The van der Waals surface area contributed by atoms with Crippen LogP contribution in [0.15, 0.2) is 0 Å². The van der Waals surface area contributed by atoms with E-state index < -0.39 is 11.8 Å². The molecule has 0 aliphatic heterocycles. The van der Waals surface area contributed by atoms with Gasteiger partial charge in [0.25, 0.3) is 0 Å². The SMILES string of the molecule is CC(=O)C(=O)OCC(CCC(C)CC(C)(C)C)C(C)CCC(C)(C)C. The van der Waals surface area contributed by atoms with Gasteiger partial charge < -0.3 is 4.74 Å². The number of carbonyl (C=O) groups excluding carboxylic acids is 2. The predicted molar refractivity (Wildman–Crippen MR) is 105 cm³/mol. The largest absolute Gasteiger partial charge is 0.460 e. The standard InChI is InChI=1S/C22H42O3/c1-16(14-22(7,8)9)10-11-19(15-25-20(24)18(3)23)17(2)12-13-21(4,5)6/h16-17,19H,10-15H2,1-9H3. The third-order valence-electron chi connectivity index (χ3n) is 4.86. The summed E-state index contributed by atoms with van der Waals surface area (Å²) in [6.45, 7) is 19.8. The van der Waals surface area contributed by atoms with Crippen LogP contribution < -0.4 is 0 Å². The summed E-state index contributed by atoms with van der Waals surface area (Å²) in [7, 11) is 0. The molecule has 0 N–H and O–H groups in total. The maximum absolute atomic E-state index is 11.5. The first-order valence-electron chi connectivity index (χ1n) is 9.89. The molecule has 0 rings (SSSR count). The smallest absolute Gasteiger partial charge is 0.374 e. The van der Waals surface area contributed by atoms with E-state index in [-0.39, 0.29) is 0 Å². The molecular formula is C22H42O3. The first-order valence-corrected chi connectivity index (χ1v) is 9.89. The first-order chi connectivity index (χ1) is 11.2. The maximum Gasteiger partial charge on any atom is 0.374 e. The molecule has 0 aromatic heterocycles. The Balaban J connectivity index is 4.70. The second-order valence-corrected chi connectivity index (χ2v) is 10.4. The van der Waals surface area contributed by atoms with E-state index in [4.69, 9.17) is 4.74 Å². The normalized spacial score (nSPS) is 16.2. The van der Waals surface area contributed by atoms with Gasteiger partial charge in [-0.25, -0.2) is 4.79 Å². The average Bonchev–Trinajstić information content (AvgIpc) is 2.41. The minimum absolute atomic E-state index is 0.314. The molecule has 0 saturated heterocycles. The number of ketones is 1. The van der Waals surface area contributed by atoms with E-state index in [1.807, 2.05) is 0 Å². The molecule has 0 saturated carbocycles. The van der Waals surface area contributed by atoms with Crippen LogP contribution in [0.3, 0.4) is 0 Å². The van der Waals surface area contributed by atoms with Crippen LogP contribution in [0.4, 0.5) is 0 Å². The van der Waals surface area contributed by atoms with Crippen LogP contribution in [0, 0.1) is 28.6 Å². The van der Waals surface area contributed by atoms with Crippen molar-refractivity contribution in [1.82, 2.24) is 0 Å². The molecule has 0 heterocycles. The summed E-state index contributed by atoms with van der Waals surface area (Å²) in [6, 6.07) is 0. The quantitative estimate of drug-likeness (QED) is 0.354. The molecule has 0 amide bonds. The van der Waals surface area contributed by atoms with Gasteiger partial charge in [-0.15, -0.1) is 0 Å². The van der Waals surface area contributed by atoms with Crippen LogP contribution in [-0.4, -0.2) is 18.4 Å². The fraction of sp³-hybridized carbons (Fsp3) is 0.909. The number of Topliss-reactive ketones (excluding diaryl/α,β-unsaturated/α-hetero) is 1. The van der Waals surface area contributed by atoms with Crippen LogP contribution >= 0.6 is 0 Å². The minimum atomic E-state index is -0.698. The van der Waals surface area contributed by atoms with E-state index in [9.17, 15) is 9.59 Å². The lowest BCUT2D eigenvalue weighted by Gasteiger charge is -2.29. The van der Waals surface area contributed by atoms with Crippen molar-refractivity contribution in [1.29, 1.82) is 0 Å². The summed E-state index contributed by atoms with van der Waals surface area (Å²) in [5.74, 6) is 0.257. The molecular weight excluding hydrogens is 312 g/mol. The Morgan fingerprint density at radius 2 is 1.44 bits per heavy atom. The Kier molecular flexibility index (Phi) is 9.97. The number of rotatable bonds is 10. The van der Waals surface area contributed by atoms with E-state index in [0.717, 1.165) is 25.7 Å². The number of hydrogen-bond acceptors (Lipinski definition) is 3. The molecule has 0 fully saturated rings. The lowest BCUT2D eigenvalue weighted by Crippen LogP contribution is -2.25. The van der Waals surface area contributed by atoms with Crippen molar-refractivity contribution in [2.75, 3.05) is 6.61 Å². The molecule has 3 nitrogen and oxygen atoms in total. The number of hydrogen-bond donors (Lipinski definition) is 0. The predicted octanol–water partition coefficient (Wildman–Crippen LogP) is 6.05. The van der Waals surface area contributed by atoms with Gasteiger partial charge in [0.2, 0.25) is 5.78 Å². The molecule has 25 heavy (non-hydrogen) atoms. The van der Waals surface area contributed by atoms with Gasteiger partial charge in [-0.2, -0.15) is 0 Å². The van der Waals surface area contributed by atoms with Crippen LogP contribution in [-0.2, 0) is 14.3 Å². The number of ether oxygens (including phenoxy) is 1. The lowest BCUT2D eigenvalue weighted by atomic mass is 9.78. The summed E-state index contributed by atoms with van der Waals surface area (Å²) in [6.07, 6.45) is 5.67. The third-order valence-corrected chi connectivity index (χ3v) is 4.86. The van der Waals surface area contributed by atoms with Crippen LogP contribution in [0.1, 0.15) is 94.4 Å². The highest BCUT2D eigenvalue weighted by Crippen LogP contribution is 2.32. The molecule has 3 heteroatoms. The van der Waals surface area contributed by atoms with Gasteiger partial charge in [0.05, 0.1) is 6.61 Å². The van der Waals surface area contributed by atoms with Crippen molar-refractivity contribution in [2.45, 2.75) is 94.4 Å². The van der Waals surface area contributed by atoms with Crippen molar-refractivity contribution >= 4 is 11.8 Å².